The monoisotopic (exact) mass is 524 g/mol. The number of aryl methyl sites for hydroxylation is 1. The quantitative estimate of drug-likeness (QED) is 0.233. The van der Waals surface area contributed by atoms with Crippen molar-refractivity contribution >= 4 is 17.1 Å². The number of imidazole rings is 1. The van der Waals surface area contributed by atoms with Crippen LogP contribution in [0.2, 0.25) is 0 Å². The van der Waals surface area contributed by atoms with Crippen molar-refractivity contribution in [2.24, 2.45) is 0 Å². The molecule has 0 amide bonds. The minimum atomic E-state index is 0.0853. The largest absolute Gasteiger partial charge is 0.321 e. The highest BCUT2D eigenvalue weighted by Crippen LogP contribution is 2.42. The summed E-state index contributed by atoms with van der Waals surface area (Å²) in [4.78, 5) is 17.8. The van der Waals surface area contributed by atoms with Crippen molar-refractivity contribution in [1.29, 1.82) is 0 Å². The molecular formula is C33H28N6O. The summed E-state index contributed by atoms with van der Waals surface area (Å²) in [5.74, 6) is 1.62. The molecule has 7 rings (SSSR count). The first kappa shape index (κ1) is 24.2. The van der Waals surface area contributed by atoms with E-state index >= 15 is 0 Å². The number of aldehydes is 1. The Kier molecular flexibility index (Phi) is 6.04. The molecule has 2 aromatic heterocycles. The van der Waals surface area contributed by atoms with E-state index in [1.54, 1.807) is 0 Å². The van der Waals surface area contributed by atoms with E-state index in [9.17, 15) is 4.79 Å². The van der Waals surface area contributed by atoms with Gasteiger partial charge < -0.3 is 4.57 Å². The lowest BCUT2D eigenvalue weighted by Crippen LogP contribution is -2.10. The lowest BCUT2D eigenvalue weighted by molar-refractivity contribution is 0.111. The van der Waals surface area contributed by atoms with Crippen LogP contribution in [-0.2, 0) is 19.4 Å². The van der Waals surface area contributed by atoms with Crippen LogP contribution >= 0.6 is 0 Å². The van der Waals surface area contributed by atoms with Gasteiger partial charge in [0, 0.05) is 24.4 Å². The van der Waals surface area contributed by atoms with Crippen molar-refractivity contribution in [2.75, 3.05) is 0 Å². The summed E-state index contributed by atoms with van der Waals surface area (Å²) in [6.45, 7) is 2.74. The number of hydrogen-bond acceptors (Lipinski definition) is 5. The van der Waals surface area contributed by atoms with Gasteiger partial charge in [-0.1, -0.05) is 91.9 Å². The Bertz CT molecular complexity index is 1830. The average Bonchev–Trinajstić information content (AvgIpc) is 3.74. The van der Waals surface area contributed by atoms with E-state index in [0.717, 1.165) is 59.3 Å². The number of carbonyl (C=O) groups excluding carboxylic acids is 1. The third-order valence-corrected chi connectivity index (χ3v) is 7.97. The highest BCUT2D eigenvalue weighted by molar-refractivity contribution is 5.92. The number of nitrogens with one attached hydrogen (secondary N) is 1. The van der Waals surface area contributed by atoms with Crippen LogP contribution in [0.1, 0.15) is 58.0 Å². The summed E-state index contributed by atoms with van der Waals surface area (Å²) >= 11 is 0. The molecule has 40 heavy (non-hydrogen) atoms. The van der Waals surface area contributed by atoms with E-state index < -0.39 is 0 Å². The molecule has 7 heteroatoms. The second-order valence-electron chi connectivity index (χ2n) is 10.3. The highest BCUT2D eigenvalue weighted by Gasteiger charge is 2.31. The zero-order valence-electron chi connectivity index (χ0n) is 22.2. The fourth-order valence-electron chi connectivity index (χ4n) is 6.17. The van der Waals surface area contributed by atoms with E-state index in [4.69, 9.17) is 4.98 Å². The summed E-state index contributed by atoms with van der Waals surface area (Å²) in [6.07, 6.45) is 3.65. The molecular weight excluding hydrogens is 496 g/mol. The summed E-state index contributed by atoms with van der Waals surface area (Å²) in [6, 6.07) is 29.5. The number of benzene rings is 4. The SMILES string of the molecule is CCCc1nc(C2Cc3cccc4cccc2c34)c(C=O)n1Cc1ccc(-c2ccccc2-c2nn[nH]n2)cc1. The first-order chi connectivity index (χ1) is 19.7. The maximum absolute atomic E-state index is 12.6. The fourth-order valence-corrected chi connectivity index (χ4v) is 6.17. The minimum absolute atomic E-state index is 0.0853. The normalized spacial score (nSPS) is 14.2. The van der Waals surface area contributed by atoms with Gasteiger partial charge in [-0.05, 0) is 56.6 Å². The van der Waals surface area contributed by atoms with Gasteiger partial charge in [-0.2, -0.15) is 5.21 Å². The van der Waals surface area contributed by atoms with Gasteiger partial charge in [0.15, 0.2) is 6.29 Å². The predicted molar refractivity (Wildman–Crippen MR) is 155 cm³/mol. The second kappa shape index (κ2) is 10.0. The Hall–Kier alpha value is -4.91. The molecule has 0 saturated heterocycles. The van der Waals surface area contributed by atoms with Crippen LogP contribution < -0.4 is 0 Å². The van der Waals surface area contributed by atoms with Gasteiger partial charge >= 0.3 is 0 Å². The van der Waals surface area contributed by atoms with Gasteiger partial charge in [-0.3, -0.25) is 4.79 Å². The highest BCUT2D eigenvalue weighted by atomic mass is 16.1. The van der Waals surface area contributed by atoms with Crippen LogP contribution in [-0.4, -0.2) is 36.5 Å². The van der Waals surface area contributed by atoms with Crippen molar-refractivity contribution in [3.8, 4) is 22.5 Å². The van der Waals surface area contributed by atoms with E-state index in [1.165, 1.54) is 21.9 Å². The van der Waals surface area contributed by atoms with Crippen molar-refractivity contribution in [3.63, 3.8) is 0 Å². The molecule has 0 bridgehead atoms. The van der Waals surface area contributed by atoms with Crippen LogP contribution in [0.5, 0.6) is 0 Å². The number of carbonyl (C=O) groups is 1. The van der Waals surface area contributed by atoms with Crippen molar-refractivity contribution in [3.05, 3.63) is 119 Å². The van der Waals surface area contributed by atoms with Gasteiger partial charge in [0.2, 0.25) is 5.82 Å². The molecule has 1 unspecified atom stereocenters. The van der Waals surface area contributed by atoms with Crippen molar-refractivity contribution < 1.29 is 4.79 Å². The van der Waals surface area contributed by atoms with Crippen LogP contribution in [0.4, 0.5) is 0 Å². The van der Waals surface area contributed by atoms with E-state index in [-0.39, 0.29) is 5.92 Å². The molecule has 1 N–H and O–H groups in total. The second-order valence-corrected chi connectivity index (χ2v) is 10.3. The van der Waals surface area contributed by atoms with Crippen molar-refractivity contribution in [1.82, 2.24) is 30.2 Å². The number of tetrazole rings is 1. The summed E-state index contributed by atoms with van der Waals surface area (Å²) in [7, 11) is 0. The standard InChI is InChI=1S/C33H28N6O/c1-2-7-30-34-32(28-18-24-10-5-8-23-9-6-13-26(28)31(23)24)29(20-40)39(30)19-21-14-16-22(17-15-21)25-11-3-4-12-27(25)33-35-37-38-36-33/h3-6,8-17,20,28H,2,7,18-19H2,1H3,(H,35,36,37,38). The molecule has 1 aliphatic carbocycles. The minimum Gasteiger partial charge on any atom is -0.321 e. The third-order valence-electron chi connectivity index (χ3n) is 7.97. The van der Waals surface area contributed by atoms with Crippen LogP contribution in [0.15, 0.2) is 84.9 Å². The van der Waals surface area contributed by atoms with E-state index in [0.29, 0.717) is 18.1 Å². The number of H-pyrrole nitrogens is 1. The van der Waals surface area contributed by atoms with Crippen LogP contribution in [0, 0.1) is 0 Å². The summed E-state index contributed by atoms with van der Waals surface area (Å²) in [5, 5.41) is 17.1. The number of rotatable bonds is 8. The molecule has 1 atom stereocenters. The van der Waals surface area contributed by atoms with E-state index in [2.05, 4.69) is 98.8 Å². The number of aromatic nitrogens is 6. The first-order valence-electron chi connectivity index (χ1n) is 13.7. The summed E-state index contributed by atoms with van der Waals surface area (Å²) < 4.78 is 2.12. The lowest BCUT2D eigenvalue weighted by atomic mass is 9.95. The third kappa shape index (κ3) is 4.02. The van der Waals surface area contributed by atoms with Crippen molar-refractivity contribution in [2.45, 2.75) is 38.6 Å². The predicted octanol–water partition coefficient (Wildman–Crippen LogP) is 6.38. The zero-order valence-corrected chi connectivity index (χ0v) is 22.2. The van der Waals surface area contributed by atoms with Crippen LogP contribution in [0.3, 0.4) is 0 Å². The molecule has 7 nitrogen and oxygen atoms in total. The molecule has 4 aromatic carbocycles. The molecule has 1 aliphatic rings. The molecule has 2 heterocycles. The maximum atomic E-state index is 12.6. The average molecular weight is 525 g/mol. The number of nitrogens with zero attached hydrogens (tertiary/aromatic N) is 5. The maximum Gasteiger partial charge on any atom is 0.205 e. The molecule has 0 spiro atoms. The van der Waals surface area contributed by atoms with Gasteiger partial charge in [-0.25, -0.2) is 4.98 Å². The Morgan fingerprint density at radius 1 is 0.950 bits per heavy atom. The fraction of sp³-hybridized carbons (Fsp3) is 0.182. The van der Waals surface area contributed by atoms with Gasteiger partial charge in [0.1, 0.15) is 11.5 Å². The van der Waals surface area contributed by atoms with Gasteiger partial charge in [0.05, 0.1) is 5.69 Å². The molecule has 6 aromatic rings. The van der Waals surface area contributed by atoms with Crippen LogP contribution in [0.25, 0.3) is 33.3 Å². The Balaban J connectivity index is 1.24. The number of hydrogen-bond donors (Lipinski definition) is 1. The molecule has 196 valence electrons. The summed E-state index contributed by atoms with van der Waals surface area (Å²) in [5.41, 5.74) is 8.32. The molecule has 0 fully saturated rings. The lowest BCUT2D eigenvalue weighted by Gasteiger charge is -2.13. The van der Waals surface area contributed by atoms with E-state index in [1.807, 2.05) is 18.2 Å². The first-order valence-corrected chi connectivity index (χ1v) is 13.7. The van der Waals surface area contributed by atoms with Gasteiger partial charge in [0.25, 0.3) is 0 Å². The number of aromatic amines is 1. The molecule has 0 aliphatic heterocycles. The molecule has 0 saturated carbocycles. The smallest absolute Gasteiger partial charge is 0.205 e. The van der Waals surface area contributed by atoms with Gasteiger partial charge in [-0.15, -0.1) is 10.2 Å². The Morgan fingerprint density at radius 3 is 2.50 bits per heavy atom. The topological polar surface area (TPSA) is 89.4 Å². The molecule has 0 radical (unpaired) electrons. The zero-order chi connectivity index (χ0) is 27.1. The Morgan fingerprint density at radius 2 is 1.75 bits per heavy atom. The Labute approximate surface area is 231 Å².